The van der Waals surface area contributed by atoms with Crippen LogP contribution in [0.25, 0.3) is 11.0 Å². The summed E-state index contributed by atoms with van der Waals surface area (Å²) >= 11 is 11.3. The number of nitro groups is 2. The van der Waals surface area contributed by atoms with Gasteiger partial charge in [0.05, 0.1) is 14.9 Å². The SMILES string of the molecule is O=[N+]([O-])c1c(Cl)c(Cl)c2nonc2c1[N+](=O)[O-]. The Labute approximate surface area is 101 Å². The summed E-state index contributed by atoms with van der Waals surface area (Å²) < 4.78 is 4.26. The molecule has 1 heterocycles. The Morgan fingerprint density at radius 2 is 1.47 bits per heavy atom. The van der Waals surface area contributed by atoms with Crippen molar-refractivity contribution in [3.05, 3.63) is 30.3 Å². The maximum absolute atomic E-state index is 10.8. The van der Waals surface area contributed by atoms with Crippen molar-refractivity contribution in [2.24, 2.45) is 0 Å². The highest BCUT2D eigenvalue weighted by Crippen LogP contribution is 2.44. The molecule has 0 atom stereocenters. The summed E-state index contributed by atoms with van der Waals surface area (Å²) in [5.74, 6) is 0. The number of rotatable bonds is 2. The molecule has 0 bridgehead atoms. The predicted molar refractivity (Wildman–Crippen MR) is 55.1 cm³/mol. The summed E-state index contributed by atoms with van der Waals surface area (Å²) in [5.41, 5.74) is -2.46. The van der Waals surface area contributed by atoms with Gasteiger partial charge in [-0.3, -0.25) is 20.2 Å². The van der Waals surface area contributed by atoms with Gasteiger partial charge in [0.2, 0.25) is 5.52 Å². The number of hydrogen-bond donors (Lipinski definition) is 0. The third-order valence-electron chi connectivity index (χ3n) is 1.91. The molecule has 2 rings (SSSR count). The Kier molecular flexibility index (Phi) is 2.56. The third kappa shape index (κ3) is 1.56. The van der Waals surface area contributed by atoms with Crippen LogP contribution in [0.5, 0.6) is 0 Å². The first-order chi connectivity index (χ1) is 7.95. The molecular formula is C6Cl2N4O5. The molecule has 88 valence electrons. The molecule has 1 aromatic heterocycles. The fourth-order valence-electron chi connectivity index (χ4n) is 1.25. The Bertz CT molecular complexity index is 653. The van der Waals surface area contributed by atoms with Gasteiger partial charge in [0.25, 0.3) is 0 Å². The van der Waals surface area contributed by atoms with E-state index in [0.29, 0.717) is 0 Å². The topological polar surface area (TPSA) is 125 Å². The zero-order valence-corrected chi connectivity index (χ0v) is 9.10. The van der Waals surface area contributed by atoms with Gasteiger partial charge >= 0.3 is 11.4 Å². The molecule has 1 aromatic carbocycles. The molecule has 0 fully saturated rings. The Balaban J connectivity index is 3.05. The molecule has 0 amide bonds. The molecule has 0 radical (unpaired) electrons. The van der Waals surface area contributed by atoms with Crippen LogP contribution in [0.4, 0.5) is 11.4 Å². The van der Waals surface area contributed by atoms with Crippen LogP contribution in [0.15, 0.2) is 4.63 Å². The van der Waals surface area contributed by atoms with Crippen molar-refractivity contribution in [3.8, 4) is 0 Å². The molecule has 0 unspecified atom stereocenters. The lowest BCUT2D eigenvalue weighted by atomic mass is 10.2. The molecule has 0 aliphatic rings. The third-order valence-corrected chi connectivity index (χ3v) is 2.74. The summed E-state index contributed by atoms with van der Waals surface area (Å²) in [7, 11) is 0. The first-order valence-electron chi connectivity index (χ1n) is 3.87. The average Bonchev–Trinajstić information content (AvgIpc) is 2.70. The Hall–Kier alpha value is -2.00. The van der Waals surface area contributed by atoms with E-state index in [4.69, 9.17) is 23.2 Å². The smallest absolute Gasteiger partial charge is 0.258 e. The van der Waals surface area contributed by atoms with Gasteiger partial charge in [-0.1, -0.05) is 23.2 Å². The van der Waals surface area contributed by atoms with Crippen LogP contribution in [0.1, 0.15) is 0 Å². The Morgan fingerprint density at radius 1 is 0.941 bits per heavy atom. The van der Waals surface area contributed by atoms with Gasteiger partial charge < -0.3 is 0 Å². The monoisotopic (exact) mass is 278 g/mol. The summed E-state index contributed by atoms with van der Waals surface area (Å²) in [5, 5.41) is 27.1. The van der Waals surface area contributed by atoms with Gasteiger partial charge in [0.1, 0.15) is 5.02 Å². The van der Waals surface area contributed by atoms with Crippen molar-refractivity contribution < 1.29 is 14.5 Å². The van der Waals surface area contributed by atoms with Crippen LogP contribution in [0, 0.1) is 20.2 Å². The number of benzene rings is 1. The van der Waals surface area contributed by atoms with Crippen LogP contribution < -0.4 is 0 Å². The second-order valence-electron chi connectivity index (χ2n) is 2.80. The molecule has 0 saturated carbocycles. The molecule has 11 heteroatoms. The minimum absolute atomic E-state index is 0.200. The molecule has 9 nitrogen and oxygen atoms in total. The minimum atomic E-state index is -1.01. The van der Waals surface area contributed by atoms with E-state index in [9.17, 15) is 20.2 Å². The van der Waals surface area contributed by atoms with Gasteiger partial charge in [-0.15, -0.1) is 0 Å². The van der Waals surface area contributed by atoms with E-state index in [2.05, 4.69) is 14.9 Å². The number of nitro benzene ring substituents is 2. The van der Waals surface area contributed by atoms with E-state index in [-0.39, 0.29) is 10.5 Å². The first-order valence-corrected chi connectivity index (χ1v) is 4.62. The largest absolute Gasteiger partial charge is 0.379 e. The number of nitrogens with zero attached hydrogens (tertiary/aromatic N) is 4. The van der Waals surface area contributed by atoms with Crippen molar-refractivity contribution in [1.29, 1.82) is 0 Å². The van der Waals surface area contributed by atoms with Crippen molar-refractivity contribution in [1.82, 2.24) is 10.3 Å². The second kappa shape index (κ2) is 3.79. The summed E-state index contributed by atoms with van der Waals surface area (Å²) in [6.45, 7) is 0. The minimum Gasteiger partial charge on any atom is -0.258 e. The highest BCUT2D eigenvalue weighted by molar-refractivity contribution is 6.46. The predicted octanol–water partition coefficient (Wildman–Crippen LogP) is 2.35. The molecule has 0 aliphatic heterocycles. The van der Waals surface area contributed by atoms with E-state index < -0.39 is 31.8 Å². The number of fused-ring (bicyclic) bond motifs is 1. The van der Waals surface area contributed by atoms with Gasteiger partial charge in [0, 0.05) is 0 Å². The summed E-state index contributed by atoms with van der Waals surface area (Å²) in [4.78, 5) is 19.5. The quantitative estimate of drug-likeness (QED) is 0.609. The normalized spacial score (nSPS) is 10.7. The van der Waals surface area contributed by atoms with Gasteiger partial charge in [-0.05, 0) is 10.3 Å². The standard InChI is InChI=1S/C6Cl2N4O5/c7-1-2(8)5(11(13)14)6(12(15)16)4-3(1)9-17-10-4. The number of aromatic nitrogens is 2. The van der Waals surface area contributed by atoms with Crippen LogP contribution in [0.2, 0.25) is 10.0 Å². The number of hydrogen-bond acceptors (Lipinski definition) is 7. The zero-order chi connectivity index (χ0) is 12.7. The molecule has 0 spiro atoms. The van der Waals surface area contributed by atoms with E-state index in [1.165, 1.54) is 0 Å². The molecule has 0 aliphatic carbocycles. The van der Waals surface area contributed by atoms with Crippen molar-refractivity contribution >= 4 is 45.6 Å². The highest BCUT2D eigenvalue weighted by Gasteiger charge is 2.37. The summed E-state index contributed by atoms with van der Waals surface area (Å²) in [6, 6.07) is 0. The number of halogens is 2. The maximum Gasteiger partial charge on any atom is 0.379 e. The lowest BCUT2D eigenvalue weighted by molar-refractivity contribution is -0.421. The average molecular weight is 279 g/mol. The summed E-state index contributed by atoms with van der Waals surface area (Å²) in [6.07, 6.45) is 0. The molecule has 0 saturated heterocycles. The van der Waals surface area contributed by atoms with Crippen LogP contribution in [-0.4, -0.2) is 20.2 Å². The van der Waals surface area contributed by atoms with Crippen molar-refractivity contribution in [2.75, 3.05) is 0 Å². The van der Waals surface area contributed by atoms with E-state index in [1.807, 2.05) is 0 Å². The Morgan fingerprint density at radius 3 is 2.00 bits per heavy atom. The van der Waals surface area contributed by atoms with Crippen molar-refractivity contribution in [3.63, 3.8) is 0 Å². The zero-order valence-electron chi connectivity index (χ0n) is 7.59. The second-order valence-corrected chi connectivity index (χ2v) is 3.56. The molecular weight excluding hydrogens is 279 g/mol. The van der Waals surface area contributed by atoms with E-state index in [1.54, 1.807) is 0 Å². The van der Waals surface area contributed by atoms with Crippen LogP contribution in [0.3, 0.4) is 0 Å². The fourth-order valence-corrected chi connectivity index (χ4v) is 1.71. The fraction of sp³-hybridized carbons (Fsp3) is 0. The van der Waals surface area contributed by atoms with Gasteiger partial charge in [0.15, 0.2) is 5.52 Å². The molecule has 2 aromatic rings. The highest BCUT2D eigenvalue weighted by atomic mass is 35.5. The first kappa shape index (κ1) is 11.5. The van der Waals surface area contributed by atoms with Gasteiger partial charge in [-0.2, -0.15) is 0 Å². The van der Waals surface area contributed by atoms with Gasteiger partial charge in [-0.25, -0.2) is 4.63 Å². The lowest BCUT2D eigenvalue weighted by Crippen LogP contribution is -1.99. The van der Waals surface area contributed by atoms with Crippen LogP contribution in [-0.2, 0) is 0 Å². The maximum atomic E-state index is 10.8. The molecule has 0 N–H and O–H groups in total. The molecule has 17 heavy (non-hydrogen) atoms. The lowest BCUT2D eigenvalue weighted by Gasteiger charge is -1.99. The van der Waals surface area contributed by atoms with E-state index in [0.717, 1.165) is 0 Å². The van der Waals surface area contributed by atoms with Crippen LogP contribution >= 0.6 is 23.2 Å². The van der Waals surface area contributed by atoms with Crippen molar-refractivity contribution in [2.45, 2.75) is 0 Å². The van der Waals surface area contributed by atoms with E-state index >= 15 is 0 Å².